The van der Waals surface area contributed by atoms with E-state index in [1.165, 1.54) is 48.7 Å². The van der Waals surface area contributed by atoms with Crippen LogP contribution in [0.3, 0.4) is 0 Å². The van der Waals surface area contributed by atoms with Gasteiger partial charge in [0.05, 0.1) is 21.7 Å². The Morgan fingerprint density at radius 1 is 1.17 bits per heavy atom. The second kappa shape index (κ2) is 10.7. The molecule has 1 aliphatic carbocycles. The number of sulfonamides is 1. The van der Waals surface area contributed by atoms with E-state index in [2.05, 4.69) is 11.4 Å². The van der Waals surface area contributed by atoms with Gasteiger partial charge in [0.1, 0.15) is 11.1 Å². The molecule has 1 aromatic heterocycles. The number of hydrogen-bond donors (Lipinski definition) is 1. The second-order valence-corrected chi connectivity index (χ2v) is 11.6. The molecule has 1 heterocycles. The van der Waals surface area contributed by atoms with Crippen molar-refractivity contribution in [1.82, 2.24) is 0 Å². The van der Waals surface area contributed by atoms with Crippen molar-refractivity contribution in [2.75, 3.05) is 23.3 Å². The SMILES string of the molecule is CN(c1cccc(Cl)c1)S(=O)(=O)c1cccc(C(=O)OCC(=O)Nc2sc3c(c2C#N)CCCC3)c1. The molecule has 0 fully saturated rings. The van der Waals surface area contributed by atoms with E-state index in [0.29, 0.717) is 21.3 Å². The molecule has 0 unspecified atom stereocenters. The fourth-order valence-corrected chi connectivity index (χ4v) is 6.58. The zero-order chi connectivity index (χ0) is 25.9. The summed E-state index contributed by atoms with van der Waals surface area (Å²) in [5, 5.41) is 13.0. The molecule has 0 saturated heterocycles. The Morgan fingerprint density at radius 3 is 2.67 bits per heavy atom. The van der Waals surface area contributed by atoms with Gasteiger partial charge in [0.2, 0.25) is 0 Å². The first-order chi connectivity index (χ1) is 17.2. The number of nitrogens with one attached hydrogen (secondary N) is 1. The molecule has 1 aliphatic rings. The minimum atomic E-state index is -3.99. The Balaban J connectivity index is 1.43. The molecule has 4 rings (SSSR count). The van der Waals surface area contributed by atoms with E-state index >= 15 is 0 Å². The Kier molecular flexibility index (Phi) is 7.64. The molecule has 0 bridgehead atoms. The molecule has 3 aromatic rings. The highest BCUT2D eigenvalue weighted by Crippen LogP contribution is 2.37. The highest BCUT2D eigenvalue weighted by molar-refractivity contribution is 7.92. The fraction of sp³-hybridized carbons (Fsp3) is 0.240. The standard InChI is InChI=1S/C25H22ClN3O5S2/c1-29(18-8-5-7-17(26)13-18)36(32,33)19-9-4-6-16(12-19)25(31)34-15-23(30)28-24-21(14-27)20-10-2-3-11-22(20)35-24/h4-9,12-13H,2-3,10-11,15H2,1H3,(H,28,30). The van der Waals surface area contributed by atoms with E-state index in [1.807, 2.05) is 0 Å². The van der Waals surface area contributed by atoms with Crippen LogP contribution in [0.1, 0.15) is 39.2 Å². The number of carbonyl (C=O) groups excluding carboxylic acids is 2. The average molecular weight is 544 g/mol. The number of anilines is 2. The number of amides is 1. The molecular weight excluding hydrogens is 522 g/mol. The zero-order valence-corrected chi connectivity index (χ0v) is 21.7. The van der Waals surface area contributed by atoms with Crippen LogP contribution in [-0.4, -0.2) is 33.9 Å². The Bertz CT molecular complexity index is 1480. The smallest absolute Gasteiger partial charge is 0.338 e. The monoisotopic (exact) mass is 543 g/mol. The van der Waals surface area contributed by atoms with E-state index in [4.69, 9.17) is 16.3 Å². The molecule has 186 valence electrons. The number of hydrogen-bond acceptors (Lipinski definition) is 7. The summed E-state index contributed by atoms with van der Waals surface area (Å²) < 4.78 is 32.3. The van der Waals surface area contributed by atoms with Gasteiger partial charge in [-0.25, -0.2) is 13.2 Å². The average Bonchev–Trinajstić information content (AvgIpc) is 3.23. The maximum atomic E-state index is 13.1. The first-order valence-electron chi connectivity index (χ1n) is 11.1. The van der Waals surface area contributed by atoms with Crippen molar-refractivity contribution in [2.45, 2.75) is 30.6 Å². The predicted octanol–water partition coefficient (Wildman–Crippen LogP) is 4.77. The van der Waals surface area contributed by atoms with Gasteiger partial charge < -0.3 is 10.1 Å². The second-order valence-electron chi connectivity index (χ2n) is 8.13. The highest BCUT2D eigenvalue weighted by atomic mass is 35.5. The molecule has 0 aliphatic heterocycles. The van der Waals surface area contributed by atoms with Gasteiger partial charge in [-0.1, -0.05) is 23.7 Å². The highest BCUT2D eigenvalue weighted by Gasteiger charge is 2.24. The maximum absolute atomic E-state index is 13.1. The molecule has 11 heteroatoms. The molecular formula is C25H22ClN3O5S2. The Morgan fingerprint density at radius 2 is 1.92 bits per heavy atom. The van der Waals surface area contributed by atoms with Crippen LogP contribution < -0.4 is 9.62 Å². The van der Waals surface area contributed by atoms with Gasteiger partial charge in [-0.3, -0.25) is 9.10 Å². The van der Waals surface area contributed by atoms with Crippen LogP contribution in [-0.2, 0) is 32.4 Å². The fourth-order valence-electron chi connectivity index (χ4n) is 3.90. The lowest BCUT2D eigenvalue weighted by Gasteiger charge is -2.20. The van der Waals surface area contributed by atoms with Crippen molar-refractivity contribution in [2.24, 2.45) is 0 Å². The van der Waals surface area contributed by atoms with Crippen LogP contribution >= 0.6 is 22.9 Å². The lowest BCUT2D eigenvalue weighted by atomic mass is 9.96. The van der Waals surface area contributed by atoms with E-state index in [-0.39, 0.29) is 10.5 Å². The summed E-state index contributed by atoms with van der Waals surface area (Å²) in [6, 6.07) is 13.9. The number of aryl methyl sites for hydroxylation is 1. The third-order valence-corrected chi connectivity index (χ3v) is 8.99. The van der Waals surface area contributed by atoms with E-state index in [1.54, 1.807) is 18.2 Å². The largest absolute Gasteiger partial charge is 0.452 e. The summed E-state index contributed by atoms with van der Waals surface area (Å²) in [5.74, 6) is -1.43. The Hall–Kier alpha value is -3.39. The molecule has 0 atom stereocenters. The van der Waals surface area contributed by atoms with Crippen molar-refractivity contribution in [3.63, 3.8) is 0 Å². The van der Waals surface area contributed by atoms with Crippen LogP contribution in [0.25, 0.3) is 0 Å². The Labute approximate surface area is 218 Å². The number of ether oxygens (including phenoxy) is 1. The molecule has 2 aromatic carbocycles. The van der Waals surface area contributed by atoms with Gasteiger partial charge in [0.15, 0.2) is 6.61 Å². The summed E-state index contributed by atoms with van der Waals surface area (Å²) in [6.45, 7) is -0.578. The number of rotatable bonds is 7. The van der Waals surface area contributed by atoms with Gasteiger partial charge in [-0.05, 0) is 67.6 Å². The molecule has 1 amide bonds. The number of nitriles is 1. The lowest BCUT2D eigenvalue weighted by Crippen LogP contribution is -2.27. The molecule has 8 nitrogen and oxygen atoms in total. The quantitative estimate of drug-likeness (QED) is 0.429. The number of carbonyl (C=O) groups is 2. The number of fused-ring (bicyclic) bond motifs is 1. The van der Waals surface area contributed by atoms with Gasteiger partial charge in [-0.2, -0.15) is 5.26 Å². The van der Waals surface area contributed by atoms with Crippen molar-refractivity contribution < 1.29 is 22.7 Å². The topological polar surface area (TPSA) is 117 Å². The van der Waals surface area contributed by atoms with Gasteiger partial charge in [0, 0.05) is 16.9 Å². The molecule has 1 N–H and O–H groups in total. The number of halogens is 1. The third kappa shape index (κ3) is 5.38. The normalized spacial score (nSPS) is 12.8. The first kappa shape index (κ1) is 25.7. The van der Waals surface area contributed by atoms with Crippen LogP contribution in [0, 0.1) is 11.3 Å². The van der Waals surface area contributed by atoms with Crippen LogP contribution in [0.5, 0.6) is 0 Å². The zero-order valence-electron chi connectivity index (χ0n) is 19.3. The van der Waals surface area contributed by atoms with E-state index < -0.39 is 28.5 Å². The molecule has 0 saturated carbocycles. The van der Waals surface area contributed by atoms with E-state index in [9.17, 15) is 23.3 Å². The molecule has 0 spiro atoms. The number of esters is 1. The summed E-state index contributed by atoms with van der Waals surface area (Å²) in [5.41, 5.74) is 1.80. The van der Waals surface area contributed by atoms with Crippen LogP contribution in [0.15, 0.2) is 53.4 Å². The summed E-state index contributed by atoms with van der Waals surface area (Å²) in [6.07, 6.45) is 3.75. The van der Waals surface area contributed by atoms with Gasteiger partial charge in [-0.15, -0.1) is 11.3 Å². The minimum Gasteiger partial charge on any atom is -0.452 e. The van der Waals surface area contributed by atoms with Crippen molar-refractivity contribution in [3.05, 3.63) is 75.1 Å². The summed E-state index contributed by atoms with van der Waals surface area (Å²) in [7, 11) is -2.60. The molecule has 36 heavy (non-hydrogen) atoms. The van der Waals surface area contributed by atoms with E-state index in [0.717, 1.165) is 40.4 Å². The van der Waals surface area contributed by atoms with Gasteiger partial charge in [0.25, 0.3) is 15.9 Å². The van der Waals surface area contributed by atoms with Crippen molar-refractivity contribution in [3.8, 4) is 6.07 Å². The summed E-state index contributed by atoms with van der Waals surface area (Å²) in [4.78, 5) is 26.0. The third-order valence-electron chi connectivity index (χ3n) is 5.77. The number of nitrogens with zero attached hydrogens (tertiary/aromatic N) is 2. The van der Waals surface area contributed by atoms with Crippen LogP contribution in [0.2, 0.25) is 5.02 Å². The number of benzene rings is 2. The maximum Gasteiger partial charge on any atom is 0.338 e. The minimum absolute atomic E-state index is 0.0207. The van der Waals surface area contributed by atoms with Crippen molar-refractivity contribution >= 4 is 55.5 Å². The van der Waals surface area contributed by atoms with Crippen LogP contribution in [0.4, 0.5) is 10.7 Å². The predicted molar refractivity (Wildman–Crippen MR) is 138 cm³/mol. The summed E-state index contributed by atoms with van der Waals surface area (Å²) >= 11 is 7.35. The molecule has 0 radical (unpaired) electrons. The number of thiophene rings is 1. The lowest BCUT2D eigenvalue weighted by molar-refractivity contribution is -0.119. The first-order valence-corrected chi connectivity index (χ1v) is 13.7. The van der Waals surface area contributed by atoms with Gasteiger partial charge >= 0.3 is 5.97 Å². The van der Waals surface area contributed by atoms with Crippen molar-refractivity contribution in [1.29, 1.82) is 5.26 Å².